The second-order valence-corrected chi connectivity index (χ2v) is 6.54. The molecule has 0 spiro atoms. The summed E-state index contributed by atoms with van der Waals surface area (Å²) in [5, 5.41) is 6.05. The molecule has 0 heterocycles. The average Bonchev–Trinajstić information content (AvgIpc) is 2.65. The van der Waals surface area contributed by atoms with E-state index in [-0.39, 0.29) is 12.1 Å². The summed E-state index contributed by atoms with van der Waals surface area (Å²) in [6.07, 6.45) is 1.58. The number of amides is 2. The van der Waals surface area contributed by atoms with Crippen LogP contribution in [0.25, 0.3) is 0 Å². The van der Waals surface area contributed by atoms with Crippen LogP contribution in [0.4, 0.5) is 10.5 Å². The van der Waals surface area contributed by atoms with Gasteiger partial charge in [0.05, 0.1) is 0 Å². The predicted octanol–water partition coefficient (Wildman–Crippen LogP) is 4.97. The molecule has 0 aromatic heterocycles. The molecule has 0 atom stereocenters. The molecule has 132 valence electrons. The van der Waals surface area contributed by atoms with E-state index in [1.165, 1.54) is 16.7 Å². The van der Waals surface area contributed by atoms with Crippen molar-refractivity contribution in [2.45, 2.75) is 25.8 Å². The number of anilines is 1. The largest absolute Gasteiger partial charge is 0.334 e. The van der Waals surface area contributed by atoms with E-state index >= 15 is 0 Å². The van der Waals surface area contributed by atoms with Crippen molar-refractivity contribution in [3.05, 3.63) is 102 Å². The van der Waals surface area contributed by atoms with Gasteiger partial charge in [-0.05, 0) is 43.0 Å². The highest BCUT2D eigenvalue weighted by atomic mass is 16.2. The standard InChI is InChI=1S/C23H24N2O/c1-18-12-14-21(15-13-18)24-23(26)25-22(16-19-8-4-2-5-9-19)17-20-10-6-3-7-11-20/h2-15,22H,16-17H2,1H3,(H2,24,25,26). The number of carbonyl (C=O) groups excluding carboxylic acids is 1. The van der Waals surface area contributed by atoms with E-state index in [2.05, 4.69) is 34.9 Å². The van der Waals surface area contributed by atoms with Gasteiger partial charge >= 0.3 is 6.03 Å². The van der Waals surface area contributed by atoms with E-state index in [9.17, 15) is 4.79 Å². The maximum atomic E-state index is 12.5. The summed E-state index contributed by atoms with van der Waals surface area (Å²) in [5.41, 5.74) is 4.39. The van der Waals surface area contributed by atoms with E-state index in [0.29, 0.717) is 0 Å². The van der Waals surface area contributed by atoms with Crippen LogP contribution in [0, 0.1) is 6.92 Å². The van der Waals surface area contributed by atoms with Crippen LogP contribution in [0.1, 0.15) is 16.7 Å². The SMILES string of the molecule is Cc1ccc(NC(=O)NC(Cc2ccccc2)Cc2ccccc2)cc1. The van der Waals surface area contributed by atoms with Gasteiger partial charge in [-0.25, -0.2) is 4.79 Å². The van der Waals surface area contributed by atoms with Gasteiger partial charge in [0, 0.05) is 11.7 Å². The molecule has 2 N–H and O–H groups in total. The zero-order chi connectivity index (χ0) is 18.2. The molecule has 2 amide bonds. The quantitative estimate of drug-likeness (QED) is 0.651. The number of hydrogen-bond donors (Lipinski definition) is 2. The Kier molecular flexibility index (Phi) is 6.05. The topological polar surface area (TPSA) is 41.1 Å². The predicted molar refractivity (Wildman–Crippen MR) is 107 cm³/mol. The minimum atomic E-state index is -0.175. The number of nitrogens with one attached hydrogen (secondary N) is 2. The third-order valence-electron chi connectivity index (χ3n) is 4.29. The summed E-state index contributed by atoms with van der Waals surface area (Å²) in [5.74, 6) is 0. The fraction of sp³-hybridized carbons (Fsp3) is 0.174. The smallest absolute Gasteiger partial charge is 0.319 e. The third-order valence-corrected chi connectivity index (χ3v) is 4.29. The van der Waals surface area contributed by atoms with E-state index in [1.807, 2.05) is 67.6 Å². The van der Waals surface area contributed by atoms with Crippen LogP contribution in [-0.4, -0.2) is 12.1 Å². The molecule has 0 saturated carbocycles. The Hall–Kier alpha value is -3.07. The second kappa shape index (κ2) is 8.86. The van der Waals surface area contributed by atoms with Gasteiger partial charge in [-0.2, -0.15) is 0 Å². The van der Waals surface area contributed by atoms with Crippen LogP contribution < -0.4 is 10.6 Å². The summed E-state index contributed by atoms with van der Waals surface area (Å²) >= 11 is 0. The van der Waals surface area contributed by atoms with Crippen LogP contribution in [-0.2, 0) is 12.8 Å². The normalized spacial score (nSPS) is 10.5. The first-order valence-corrected chi connectivity index (χ1v) is 8.91. The first kappa shape index (κ1) is 17.7. The Morgan fingerprint density at radius 2 is 1.27 bits per heavy atom. The summed E-state index contributed by atoms with van der Waals surface area (Å²) < 4.78 is 0. The lowest BCUT2D eigenvalue weighted by atomic mass is 9.99. The van der Waals surface area contributed by atoms with E-state index in [4.69, 9.17) is 0 Å². The second-order valence-electron chi connectivity index (χ2n) is 6.54. The van der Waals surface area contributed by atoms with Crippen LogP contribution in [0.5, 0.6) is 0 Å². The third kappa shape index (κ3) is 5.49. The van der Waals surface area contributed by atoms with Crippen molar-refractivity contribution < 1.29 is 4.79 Å². The molecule has 0 radical (unpaired) electrons. The summed E-state index contributed by atoms with van der Waals surface area (Å²) in [6, 6.07) is 28.2. The molecule has 3 nitrogen and oxygen atoms in total. The maximum Gasteiger partial charge on any atom is 0.319 e. The molecule has 0 saturated heterocycles. The van der Waals surface area contributed by atoms with E-state index in [1.54, 1.807) is 0 Å². The minimum Gasteiger partial charge on any atom is -0.334 e. The molecule has 0 unspecified atom stereocenters. The van der Waals surface area contributed by atoms with Gasteiger partial charge in [0.25, 0.3) is 0 Å². The molecule has 3 rings (SSSR count). The molecule has 3 heteroatoms. The van der Waals surface area contributed by atoms with Gasteiger partial charge in [0.15, 0.2) is 0 Å². The summed E-state index contributed by atoms with van der Waals surface area (Å²) in [7, 11) is 0. The van der Waals surface area contributed by atoms with E-state index < -0.39 is 0 Å². The number of urea groups is 1. The highest BCUT2D eigenvalue weighted by Crippen LogP contribution is 2.11. The Labute approximate surface area is 155 Å². The van der Waals surface area contributed by atoms with Crippen LogP contribution in [0.3, 0.4) is 0 Å². The van der Waals surface area contributed by atoms with Crippen molar-refractivity contribution >= 4 is 11.7 Å². The van der Waals surface area contributed by atoms with Crippen LogP contribution in [0.2, 0.25) is 0 Å². The molecule has 0 aliphatic carbocycles. The van der Waals surface area contributed by atoms with Gasteiger partial charge in [0.2, 0.25) is 0 Å². The van der Waals surface area contributed by atoms with Gasteiger partial charge in [-0.3, -0.25) is 0 Å². The van der Waals surface area contributed by atoms with Gasteiger partial charge in [-0.1, -0.05) is 78.4 Å². The van der Waals surface area contributed by atoms with Crippen LogP contribution >= 0.6 is 0 Å². The van der Waals surface area contributed by atoms with E-state index in [0.717, 1.165) is 18.5 Å². The molecule has 3 aromatic carbocycles. The van der Waals surface area contributed by atoms with Gasteiger partial charge in [0.1, 0.15) is 0 Å². The number of rotatable bonds is 6. The average molecular weight is 344 g/mol. The van der Waals surface area contributed by atoms with Crippen molar-refractivity contribution in [1.82, 2.24) is 5.32 Å². The Morgan fingerprint density at radius 3 is 1.77 bits per heavy atom. The molecule has 26 heavy (non-hydrogen) atoms. The number of benzene rings is 3. The number of hydrogen-bond acceptors (Lipinski definition) is 1. The Balaban J connectivity index is 1.67. The molecular formula is C23H24N2O. The lowest BCUT2D eigenvalue weighted by molar-refractivity contribution is 0.248. The number of aryl methyl sites for hydroxylation is 1. The van der Waals surface area contributed by atoms with Gasteiger partial charge in [-0.15, -0.1) is 0 Å². The monoisotopic (exact) mass is 344 g/mol. The Bertz CT molecular complexity index is 772. The first-order valence-electron chi connectivity index (χ1n) is 8.91. The zero-order valence-electron chi connectivity index (χ0n) is 15.0. The highest BCUT2D eigenvalue weighted by Gasteiger charge is 2.14. The molecular weight excluding hydrogens is 320 g/mol. The van der Waals surface area contributed by atoms with Crippen molar-refractivity contribution in [2.75, 3.05) is 5.32 Å². The van der Waals surface area contributed by atoms with Crippen molar-refractivity contribution in [1.29, 1.82) is 0 Å². The van der Waals surface area contributed by atoms with Gasteiger partial charge < -0.3 is 10.6 Å². The molecule has 0 bridgehead atoms. The van der Waals surface area contributed by atoms with Crippen molar-refractivity contribution in [3.63, 3.8) is 0 Å². The summed E-state index contributed by atoms with van der Waals surface area (Å²) in [6.45, 7) is 2.03. The summed E-state index contributed by atoms with van der Waals surface area (Å²) in [4.78, 5) is 12.5. The number of carbonyl (C=O) groups is 1. The first-order chi connectivity index (χ1) is 12.7. The fourth-order valence-corrected chi connectivity index (χ4v) is 2.96. The Morgan fingerprint density at radius 1 is 0.769 bits per heavy atom. The molecule has 0 aliphatic heterocycles. The molecule has 3 aromatic rings. The molecule has 0 fully saturated rings. The fourth-order valence-electron chi connectivity index (χ4n) is 2.96. The lowest BCUT2D eigenvalue weighted by Crippen LogP contribution is -2.40. The highest BCUT2D eigenvalue weighted by molar-refractivity contribution is 5.89. The van der Waals surface area contributed by atoms with Crippen molar-refractivity contribution in [3.8, 4) is 0 Å². The zero-order valence-corrected chi connectivity index (χ0v) is 15.0. The lowest BCUT2D eigenvalue weighted by Gasteiger charge is -2.20. The molecule has 0 aliphatic rings. The van der Waals surface area contributed by atoms with Crippen LogP contribution in [0.15, 0.2) is 84.9 Å². The maximum absolute atomic E-state index is 12.5. The van der Waals surface area contributed by atoms with Crippen molar-refractivity contribution in [2.24, 2.45) is 0 Å². The minimum absolute atomic E-state index is 0.0187.